The fraction of sp³-hybridized carbons (Fsp3) is 0.600. The van der Waals surface area contributed by atoms with Gasteiger partial charge in [-0.3, -0.25) is 0 Å². The van der Waals surface area contributed by atoms with Crippen molar-refractivity contribution in [2.45, 2.75) is 39.3 Å². The van der Waals surface area contributed by atoms with Crippen LogP contribution in [-0.2, 0) is 11.3 Å². The maximum atomic E-state index is 5.79. The molecule has 0 aliphatic heterocycles. The lowest BCUT2D eigenvalue weighted by Crippen LogP contribution is -2.25. The van der Waals surface area contributed by atoms with E-state index in [0.717, 1.165) is 29.7 Å². The van der Waals surface area contributed by atoms with Gasteiger partial charge in [0.15, 0.2) is 0 Å². The normalized spacial score (nSPS) is 11.6. The van der Waals surface area contributed by atoms with Gasteiger partial charge in [0.05, 0.1) is 16.7 Å². The molecule has 3 nitrogen and oxygen atoms in total. The highest BCUT2D eigenvalue weighted by Gasteiger charge is 2.16. The molecule has 0 aliphatic carbocycles. The van der Waals surface area contributed by atoms with Crippen LogP contribution in [0.1, 0.15) is 32.8 Å². The van der Waals surface area contributed by atoms with Crippen molar-refractivity contribution >= 4 is 15.9 Å². The van der Waals surface area contributed by atoms with E-state index in [-0.39, 0.29) is 5.60 Å². The molecule has 0 radical (unpaired) electrons. The molecule has 0 atom stereocenters. The van der Waals surface area contributed by atoms with E-state index in [0.29, 0.717) is 6.61 Å². The van der Waals surface area contributed by atoms with E-state index in [2.05, 4.69) is 54.2 Å². The second kappa shape index (κ2) is 7.88. The predicted molar refractivity (Wildman–Crippen MR) is 82.7 cm³/mol. The van der Waals surface area contributed by atoms with Gasteiger partial charge in [0.1, 0.15) is 5.75 Å². The first-order valence-corrected chi connectivity index (χ1v) is 7.45. The summed E-state index contributed by atoms with van der Waals surface area (Å²) < 4.78 is 12.2. The second-order valence-corrected chi connectivity index (χ2v) is 5.96. The predicted octanol–water partition coefficient (Wildman–Crippen LogP) is 3.75. The van der Waals surface area contributed by atoms with E-state index in [4.69, 9.17) is 9.47 Å². The van der Waals surface area contributed by atoms with Gasteiger partial charge >= 0.3 is 0 Å². The summed E-state index contributed by atoms with van der Waals surface area (Å²) in [5, 5.41) is 3.30. The van der Waals surface area contributed by atoms with Crippen molar-refractivity contribution in [1.29, 1.82) is 0 Å². The van der Waals surface area contributed by atoms with Gasteiger partial charge in [-0.25, -0.2) is 0 Å². The Morgan fingerprint density at radius 1 is 1.32 bits per heavy atom. The molecule has 0 fully saturated rings. The van der Waals surface area contributed by atoms with Crippen LogP contribution in [0.4, 0.5) is 0 Å². The third-order valence-electron chi connectivity index (χ3n) is 3.09. The lowest BCUT2D eigenvalue weighted by Gasteiger charge is -2.22. The van der Waals surface area contributed by atoms with Gasteiger partial charge in [0.25, 0.3) is 0 Å². The third kappa shape index (κ3) is 5.93. The Bertz CT molecular complexity index is 394. The number of benzene rings is 1. The van der Waals surface area contributed by atoms with Crippen molar-refractivity contribution in [3.63, 3.8) is 0 Å². The average molecular weight is 330 g/mol. The molecule has 0 bridgehead atoms. The molecular weight excluding hydrogens is 306 g/mol. The third-order valence-corrected chi connectivity index (χ3v) is 3.71. The van der Waals surface area contributed by atoms with E-state index in [9.17, 15) is 0 Å². The Labute approximate surface area is 124 Å². The van der Waals surface area contributed by atoms with Crippen molar-refractivity contribution in [2.24, 2.45) is 0 Å². The van der Waals surface area contributed by atoms with Crippen molar-refractivity contribution in [2.75, 3.05) is 20.3 Å². The standard InChI is InChI=1S/C15H24BrNO2/c1-5-17-11-12-6-7-14(13(16)10-12)19-9-8-15(2,3)18-4/h6-7,10,17H,5,8-9,11H2,1-4H3. The first-order valence-electron chi connectivity index (χ1n) is 6.65. The summed E-state index contributed by atoms with van der Waals surface area (Å²) in [5.74, 6) is 0.882. The summed E-state index contributed by atoms with van der Waals surface area (Å²) in [6, 6.07) is 6.19. The zero-order valence-corrected chi connectivity index (χ0v) is 13.8. The highest BCUT2D eigenvalue weighted by Crippen LogP contribution is 2.26. The first-order chi connectivity index (χ1) is 8.98. The smallest absolute Gasteiger partial charge is 0.133 e. The van der Waals surface area contributed by atoms with Crippen LogP contribution in [0.2, 0.25) is 0 Å². The van der Waals surface area contributed by atoms with Gasteiger partial charge in [0.2, 0.25) is 0 Å². The lowest BCUT2D eigenvalue weighted by atomic mass is 10.1. The average Bonchev–Trinajstić information content (AvgIpc) is 2.38. The minimum Gasteiger partial charge on any atom is -0.492 e. The van der Waals surface area contributed by atoms with Crippen LogP contribution in [0, 0.1) is 0 Å². The van der Waals surface area contributed by atoms with E-state index < -0.39 is 0 Å². The number of halogens is 1. The molecule has 4 heteroatoms. The monoisotopic (exact) mass is 329 g/mol. The van der Waals surface area contributed by atoms with E-state index in [1.807, 2.05) is 6.07 Å². The fourth-order valence-corrected chi connectivity index (χ4v) is 2.09. The lowest BCUT2D eigenvalue weighted by molar-refractivity contribution is 0.00539. The zero-order valence-electron chi connectivity index (χ0n) is 12.3. The molecule has 1 aromatic rings. The molecule has 0 heterocycles. The molecular formula is C15H24BrNO2. The molecule has 0 aromatic heterocycles. The maximum Gasteiger partial charge on any atom is 0.133 e. The Balaban J connectivity index is 2.51. The van der Waals surface area contributed by atoms with Gasteiger partial charge in [-0.05, 0) is 54.0 Å². The molecule has 19 heavy (non-hydrogen) atoms. The Kier molecular flexibility index (Phi) is 6.83. The zero-order chi connectivity index (χ0) is 14.3. The number of rotatable bonds is 8. The Morgan fingerprint density at radius 2 is 2.05 bits per heavy atom. The SMILES string of the molecule is CCNCc1ccc(OCCC(C)(C)OC)c(Br)c1. The Hall–Kier alpha value is -0.580. The van der Waals surface area contributed by atoms with Gasteiger partial charge < -0.3 is 14.8 Å². The summed E-state index contributed by atoms with van der Waals surface area (Å²) in [4.78, 5) is 0. The van der Waals surface area contributed by atoms with Crippen molar-refractivity contribution in [3.05, 3.63) is 28.2 Å². The van der Waals surface area contributed by atoms with Crippen LogP contribution in [0.15, 0.2) is 22.7 Å². The van der Waals surface area contributed by atoms with Crippen molar-refractivity contribution in [3.8, 4) is 5.75 Å². The summed E-state index contributed by atoms with van der Waals surface area (Å²) in [6.45, 7) is 8.72. The molecule has 0 saturated carbocycles. The highest BCUT2D eigenvalue weighted by atomic mass is 79.9. The Morgan fingerprint density at radius 3 is 2.63 bits per heavy atom. The van der Waals surface area contributed by atoms with Gasteiger partial charge in [-0.2, -0.15) is 0 Å². The van der Waals surface area contributed by atoms with Crippen LogP contribution >= 0.6 is 15.9 Å². The van der Waals surface area contributed by atoms with Crippen molar-refractivity contribution in [1.82, 2.24) is 5.32 Å². The summed E-state index contributed by atoms with van der Waals surface area (Å²) >= 11 is 3.55. The van der Waals surface area contributed by atoms with E-state index >= 15 is 0 Å². The molecule has 0 amide bonds. The van der Waals surface area contributed by atoms with Gasteiger partial charge in [0, 0.05) is 20.1 Å². The molecule has 1 aromatic carbocycles. The molecule has 108 valence electrons. The van der Waals surface area contributed by atoms with Crippen LogP contribution in [0.3, 0.4) is 0 Å². The topological polar surface area (TPSA) is 30.5 Å². The second-order valence-electron chi connectivity index (χ2n) is 5.11. The van der Waals surface area contributed by atoms with Crippen molar-refractivity contribution < 1.29 is 9.47 Å². The van der Waals surface area contributed by atoms with E-state index in [1.165, 1.54) is 5.56 Å². The minimum atomic E-state index is -0.141. The number of methoxy groups -OCH3 is 1. The number of hydrogen-bond acceptors (Lipinski definition) is 3. The molecule has 1 rings (SSSR count). The summed E-state index contributed by atoms with van der Waals surface area (Å²) in [5.41, 5.74) is 1.11. The number of hydrogen-bond donors (Lipinski definition) is 1. The largest absolute Gasteiger partial charge is 0.492 e. The molecule has 0 saturated heterocycles. The minimum absolute atomic E-state index is 0.141. The number of nitrogens with one attached hydrogen (secondary N) is 1. The maximum absolute atomic E-state index is 5.79. The van der Waals surface area contributed by atoms with Crippen LogP contribution in [-0.4, -0.2) is 25.9 Å². The van der Waals surface area contributed by atoms with Crippen LogP contribution in [0.5, 0.6) is 5.75 Å². The van der Waals surface area contributed by atoms with Gasteiger partial charge in [-0.15, -0.1) is 0 Å². The molecule has 0 unspecified atom stereocenters. The van der Waals surface area contributed by atoms with Crippen LogP contribution < -0.4 is 10.1 Å². The summed E-state index contributed by atoms with van der Waals surface area (Å²) in [7, 11) is 1.73. The van der Waals surface area contributed by atoms with Crippen LogP contribution in [0.25, 0.3) is 0 Å². The molecule has 0 spiro atoms. The molecule has 1 N–H and O–H groups in total. The highest BCUT2D eigenvalue weighted by molar-refractivity contribution is 9.10. The number of ether oxygens (including phenoxy) is 2. The first kappa shape index (κ1) is 16.5. The quantitative estimate of drug-likeness (QED) is 0.787. The van der Waals surface area contributed by atoms with Gasteiger partial charge in [-0.1, -0.05) is 13.0 Å². The summed E-state index contributed by atoms with van der Waals surface area (Å²) in [6.07, 6.45) is 0.856. The molecule has 0 aliphatic rings. The fourth-order valence-electron chi connectivity index (χ4n) is 1.55. The van der Waals surface area contributed by atoms with E-state index in [1.54, 1.807) is 7.11 Å².